The van der Waals surface area contributed by atoms with E-state index in [9.17, 15) is 14.0 Å². The van der Waals surface area contributed by atoms with Crippen LogP contribution in [-0.2, 0) is 20.9 Å². The molecule has 0 fully saturated rings. The van der Waals surface area contributed by atoms with Gasteiger partial charge in [0.1, 0.15) is 18.2 Å². The molecule has 0 radical (unpaired) electrons. The molecule has 1 aliphatic heterocycles. The van der Waals surface area contributed by atoms with E-state index in [4.69, 9.17) is 21.1 Å². The van der Waals surface area contributed by atoms with Crippen LogP contribution in [-0.4, -0.2) is 18.4 Å². The molecule has 0 saturated carbocycles. The SMILES string of the molecule is CCOC(=O)C1=C(C)NC2=C(C(=O)CC(C)(C)C2)[C@H]1c1cc(COc2ccc(F)cc2Cl)c(C)cc1C. The predicted molar refractivity (Wildman–Crippen MR) is 142 cm³/mol. The Morgan fingerprint density at radius 3 is 2.54 bits per heavy atom. The van der Waals surface area contributed by atoms with Crippen molar-refractivity contribution in [1.82, 2.24) is 5.32 Å². The summed E-state index contributed by atoms with van der Waals surface area (Å²) in [6, 6.07) is 8.05. The number of hydrogen-bond donors (Lipinski definition) is 1. The highest BCUT2D eigenvalue weighted by molar-refractivity contribution is 6.32. The minimum absolute atomic E-state index is 0.0360. The van der Waals surface area contributed by atoms with E-state index in [0.717, 1.165) is 28.0 Å². The van der Waals surface area contributed by atoms with Crippen LogP contribution in [0.2, 0.25) is 5.02 Å². The van der Waals surface area contributed by atoms with Gasteiger partial charge in [0.05, 0.1) is 17.2 Å². The van der Waals surface area contributed by atoms with E-state index in [-0.39, 0.29) is 29.4 Å². The maximum atomic E-state index is 13.6. The fraction of sp³-hybridized carbons (Fsp3) is 0.400. The topological polar surface area (TPSA) is 64.6 Å². The van der Waals surface area contributed by atoms with Gasteiger partial charge < -0.3 is 14.8 Å². The van der Waals surface area contributed by atoms with Crippen LogP contribution in [0.1, 0.15) is 68.7 Å². The summed E-state index contributed by atoms with van der Waals surface area (Å²) in [5.41, 5.74) is 6.18. The molecule has 0 spiro atoms. The Labute approximate surface area is 222 Å². The lowest BCUT2D eigenvalue weighted by molar-refractivity contribution is -0.138. The Morgan fingerprint density at radius 1 is 1.14 bits per heavy atom. The van der Waals surface area contributed by atoms with E-state index in [1.54, 1.807) is 6.92 Å². The molecular weight excluding hydrogens is 493 g/mol. The average Bonchev–Trinajstić information content (AvgIpc) is 2.78. The van der Waals surface area contributed by atoms with Gasteiger partial charge in [-0.05, 0) is 80.0 Å². The number of dihydropyridines is 1. The highest BCUT2D eigenvalue weighted by atomic mass is 35.5. The molecule has 196 valence electrons. The van der Waals surface area contributed by atoms with Crippen molar-refractivity contribution >= 4 is 23.4 Å². The summed E-state index contributed by atoms with van der Waals surface area (Å²) in [4.78, 5) is 26.8. The Morgan fingerprint density at radius 2 is 1.86 bits per heavy atom. The highest BCUT2D eigenvalue weighted by Gasteiger charge is 2.43. The number of carbonyl (C=O) groups is 2. The fourth-order valence-corrected chi connectivity index (χ4v) is 5.58. The molecule has 1 aliphatic carbocycles. The standard InChI is InChI=1S/C30H33ClFNO4/c1-7-36-29(35)26-18(4)33-23-13-30(5,6)14-24(34)28(23)27(26)21-11-19(16(2)10-17(21)3)15-37-25-9-8-20(32)12-22(25)31/h8-12,27,33H,7,13-15H2,1-6H3/t27-/m0/s1. The second-order valence-corrected chi connectivity index (χ2v) is 11.1. The molecule has 2 aromatic carbocycles. The maximum Gasteiger partial charge on any atom is 0.336 e. The van der Waals surface area contributed by atoms with E-state index in [0.29, 0.717) is 35.4 Å². The molecule has 0 saturated heterocycles. The first kappa shape index (κ1) is 26.9. The molecule has 2 aliphatic rings. The van der Waals surface area contributed by atoms with Gasteiger partial charge in [-0.1, -0.05) is 37.6 Å². The quantitative estimate of drug-likeness (QED) is 0.418. The molecule has 0 unspecified atom stereocenters. The Hall–Kier alpha value is -3.12. The minimum atomic E-state index is -0.548. The molecule has 1 N–H and O–H groups in total. The zero-order valence-corrected chi connectivity index (χ0v) is 22.9. The third-order valence-electron chi connectivity index (χ3n) is 7.05. The molecule has 0 aromatic heterocycles. The number of nitrogens with one attached hydrogen (secondary N) is 1. The number of benzene rings is 2. The molecule has 0 amide bonds. The second kappa shape index (κ2) is 10.3. The van der Waals surface area contributed by atoms with E-state index in [2.05, 4.69) is 19.2 Å². The molecule has 4 rings (SSSR count). The lowest BCUT2D eigenvalue weighted by Crippen LogP contribution is -2.39. The van der Waals surface area contributed by atoms with Gasteiger partial charge in [-0.2, -0.15) is 0 Å². The lowest BCUT2D eigenvalue weighted by atomic mass is 9.68. The molecule has 2 aromatic rings. The first-order valence-electron chi connectivity index (χ1n) is 12.5. The first-order valence-corrected chi connectivity index (χ1v) is 12.9. The van der Waals surface area contributed by atoms with Gasteiger partial charge in [0.2, 0.25) is 0 Å². The number of ketones is 1. The van der Waals surface area contributed by atoms with Gasteiger partial charge in [0.25, 0.3) is 0 Å². The molecular formula is C30H33ClFNO4. The van der Waals surface area contributed by atoms with Crippen LogP contribution in [0.5, 0.6) is 5.75 Å². The minimum Gasteiger partial charge on any atom is -0.487 e. The molecule has 0 bridgehead atoms. The first-order chi connectivity index (χ1) is 17.4. The largest absolute Gasteiger partial charge is 0.487 e. The van der Waals surface area contributed by atoms with Crippen molar-refractivity contribution in [3.05, 3.63) is 86.0 Å². The summed E-state index contributed by atoms with van der Waals surface area (Å²) >= 11 is 6.16. The monoisotopic (exact) mass is 525 g/mol. The summed E-state index contributed by atoms with van der Waals surface area (Å²) in [6.45, 7) is 12.2. The average molecular weight is 526 g/mol. The smallest absolute Gasteiger partial charge is 0.336 e. The van der Waals surface area contributed by atoms with Crippen molar-refractivity contribution in [2.24, 2.45) is 5.41 Å². The van der Waals surface area contributed by atoms with Crippen molar-refractivity contribution in [2.75, 3.05) is 6.61 Å². The summed E-state index contributed by atoms with van der Waals surface area (Å²) in [5.74, 6) is -1.00. The van der Waals surface area contributed by atoms with E-state index >= 15 is 0 Å². The van der Waals surface area contributed by atoms with E-state index < -0.39 is 17.7 Å². The van der Waals surface area contributed by atoms with Gasteiger partial charge in [0.15, 0.2) is 5.78 Å². The van der Waals surface area contributed by atoms with Crippen LogP contribution < -0.4 is 10.1 Å². The van der Waals surface area contributed by atoms with E-state index in [1.807, 2.05) is 32.9 Å². The summed E-state index contributed by atoms with van der Waals surface area (Å²) in [5, 5.41) is 3.56. The van der Waals surface area contributed by atoms with Crippen LogP contribution in [0.3, 0.4) is 0 Å². The van der Waals surface area contributed by atoms with Crippen LogP contribution in [0.15, 0.2) is 52.9 Å². The van der Waals surface area contributed by atoms with Crippen molar-refractivity contribution in [3.63, 3.8) is 0 Å². The third kappa shape index (κ3) is 5.45. The van der Waals surface area contributed by atoms with Crippen molar-refractivity contribution in [3.8, 4) is 5.75 Å². The van der Waals surface area contributed by atoms with Crippen molar-refractivity contribution in [2.45, 2.75) is 66.9 Å². The van der Waals surface area contributed by atoms with E-state index in [1.165, 1.54) is 18.2 Å². The fourth-order valence-electron chi connectivity index (χ4n) is 5.36. The molecule has 7 heteroatoms. The number of ether oxygens (including phenoxy) is 2. The number of carbonyl (C=O) groups excluding carboxylic acids is 2. The molecule has 5 nitrogen and oxygen atoms in total. The van der Waals surface area contributed by atoms with Gasteiger partial charge in [-0.3, -0.25) is 4.79 Å². The zero-order chi connectivity index (χ0) is 27.1. The van der Waals surface area contributed by atoms with Crippen LogP contribution in [0.25, 0.3) is 0 Å². The van der Waals surface area contributed by atoms with Crippen molar-refractivity contribution < 1.29 is 23.5 Å². The van der Waals surface area contributed by atoms with Crippen molar-refractivity contribution in [1.29, 1.82) is 0 Å². The number of hydrogen-bond acceptors (Lipinski definition) is 5. The second-order valence-electron chi connectivity index (χ2n) is 10.6. The maximum absolute atomic E-state index is 13.6. The van der Waals surface area contributed by atoms with Crippen LogP contribution in [0, 0.1) is 25.1 Å². The zero-order valence-electron chi connectivity index (χ0n) is 22.2. The Kier molecular flexibility index (Phi) is 7.52. The number of Topliss-reactive ketones (excluding diaryl/α,β-unsaturated/α-hetero) is 1. The third-order valence-corrected chi connectivity index (χ3v) is 7.34. The van der Waals surface area contributed by atoms with Gasteiger partial charge in [-0.25, -0.2) is 9.18 Å². The lowest BCUT2D eigenvalue weighted by Gasteiger charge is -2.40. The molecule has 1 atom stereocenters. The number of halogens is 2. The molecule has 37 heavy (non-hydrogen) atoms. The number of aryl methyl sites for hydroxylation is 2. The number of esters is 1. The van der Waals surface area contributed by atoms with Crippen LogP contribution >= 0.6 is 11.6 Å². The normalized spacial score (nSPS) is 18.9. The van der Waals surface area contributed by atoms with Crippen LogP contribution in [0.4, 0.5) is 4.39 Å². The summed E-state index contributed by atoms with van der Waals surface area (Å²) in [6.07, 6.45) is 1.12. The van der Waals surface area contributed by atoms with Gasteiger partial charge >= 0.3 is 5.97 Å². The predicted octanol–water partition coefficient (Wildman–Crippen LogP) is 6.84. The number of allylic oxidation sites excluding steroid dienone is 3. The Bertz CT molecular complexity index is 1340. The summed E-state index contributed by atoms with van der Waals surface area (Å²) < 4.78 is 24.8. The Balaban J connectivity index is 1.81. The highest BCUT2D eigenvalue weighted by Crippen LogP contribution is 2.47. The van der Waals surface area contributed by atoms with Gasteiger partial charge in [-0.15, -0.1) is 0 Å². The summed E-state index contributed by atoms with van der Waals surface area (Å²) in [7, 11) is 0. The van der Waals surface area contributed by atoms with Gasteiger partial charge in [0, 0.05) is 29.3 Å². The number of rotatable bonds is 6. The molecule has 1 heterocycles.